The van der Waals surface area contributed by atoms with Crippen molar-refractivity contribution in [1.29, 1.82) is 0 Å². The Morgan fingerprint density at radius 1 is 1.45 bits per heavy atom. The second kappa shape index (κ2) is 2.26. The third-order valence-electron chi connectivity index (χ3n) is 1.91. The van der Waals surface area contributed by atoms with Gasteiger partial charge in [0.25, 0.3) is 0 Å². The molecule has 2 aromatic rings. The van der Waals surface area contributed by atoms with Crippen LogP contribution in [0.1, 0.15) is 5.69 Å². The van der Waals surface area contributed by atoms with E-state index in [1.54, 1.807) is 11.3 Å². The number of aromatic nitrogens is 1. The maximum absolute atomic E-state index is 5.85. The van der Waals surface area contributed by atoms with E-state index >= 15 is 0 Å². The SMILES string of the molecule is Cc1cc2cc(Cl)sc2n1C. The fourth-order valence-corrected chi connectivity index (χ4v) is 2.44. The van der Waals surface area contributed by atoms with Crippen LogP contribution in [0.4, 0.5) is 0 Å². The summed E-state index contributed by atoms with van der Waals surface area (Å²) in [5.74, 6) is 0. The minimum Gasteiger partial charge on any atom is -0.340 e. The Morgan fingerprint density at radius 3 is 2.82 bits per heavy atom. The Hall–Kier alpha value is -0.470. The van der Waals surface area contributed by atoms with Crippen molar-refractivity contribution in [3.05, 3.63) is 22.2 Å². The monoisotopic (exact) mass is 185 g/mol. The highest BCUT2D eigenvalue weighted by Gasteiger charge is 2.04. The Balaban J connectivity index is 2.88. The molecule has 0 aromatic carbocycles. The topological polar surface area (TPSA) is 4.93 Å². The molecule has 0 N–H and O–H groups in total. The van der Waals surface area contributed by atoms with Crippen LogP contribution in [-0.4, -0.2) is 4.57 Å². The minimum atomic E-state index is 0.866. The minimum absolute atomic E-state index is 0.866. The summed E-state index contributed by atoms with van der Waals surface area (Å²) in [5, 5.41) is 1.25. The number of aryl methyl sites for hydroxylation is 2. The summed E-state index contributed by atoms with van der Waals surface area (Å²) < 4.78 is 3.02. The van der Waals surface area contributed by atoms with Crippen molar-refractivity contribution in [3.63, 3.8) is 0 Å². The van der Waals surface area contributed by atoms with Gasteiger partial charge in [-0.25, -0.2) is 0 Å². The van der Waals surface area contributed by atoms with Gasteiger partial charge in [-0.3, -0.25) is 0 Å². The van der Waals surface area contributed by atoms with Crippen molar-refractivity contribution in [2.24, 2.45) is 7.05 Å². The van der Waals surface area contributed by atoms with E-state index in [2.05, 4.69) is 24.6 Å². The molecular formula is C8H8ClNS. The van der Waals surface area contributed by atoms with Crippen LogP contribution in [0.15, 0.2) is 12.1 Å². The van der Waals surface area contributed by atoms with Crippen LogP contribution in [-0.2, 0) is 7.05 Å². The van der Waals surface area contributed by atoms with E-state index in [9.17, 15) is 0 Å². The Morgan fingerprint density at radius 2 is 2.18 bits per heavy atom. The number of nitrogens with zero attached hydrogens (tertiary/aromatic N) is 1. The molecule has 0 radical (unpaired) electrons. The van der Waals surface area contributed by atoms with Crippen LogP contribution in [0.2, 0.25) is 4.34 Å². The molecule has 0 bridgehead atoms. The van der Waals surface area contributed by atoms with Crippen molar-refractivity contribution >= 4 is 33.2 Å². The average Bonchev–Trinajstić information content (AvgIpc) is 2.37. The molecule has 0 aliphatic carbocycles. The molecule has 1 nitrogen and oxygen atoms in total. The number of hydrogen-bond acceptors (Lipinski definition) is 1. The molecule has 0 spiro atoms. The lowest BCUT2D eigenvalue weighted by atomic mass is 10.4. The molecule has 0 atom stereocenters. The van der Waals surface area contributed by atoms with Gasteiger partial charge in [-0.1, -0.05) is 11.6 Å². The van der Waals surface area contributed by atoms with Gasteiger partial charge in [-0.15, -0.1) is 11.3 Å². The lowest BCUT2D eigenvalue weighted by Gasteiger charge is -1.93. The molecule has 2 heterocycles. The summed E-state index contributed by atoms with van der Waals surface area (Å²) in [6.45, 7) is 2.10. The molecule has 0 aliphatic heterocycles. The van der Waals surface area contributed by atoms with Gasteiger partial charge >= 0.3 is 0 Å². The number of thiophene rings is 1. The lowest BCUT2D eigenvalue weighted by molar-refractivity contribution is 0.925. The standard InChI is InChI=1S/C8H8ClNS/c1-5-3-6-4-7(9)11-8(6)10(5)2/h3-4H,1-2H3. The number of halogens is 1. The first-order chi connectivity index (χ1) is 5.18. The maximum atomic E-state index is 5.85. The predicted molar refractivity (Wildman–Crippen MR) is 50.5 cm³/mol. The van der Waals surface area contributed by atoms with Gasteiger partial charge in [0.2, 0.25) is 0 Å². The zero-order chi connectivity index (χ0) is 8.01. The quantitative estimate of drug-likeness (QED) is 0.594. The highest BCUT2D eigenvalue weighted by Crippen LogP contribution is 2.30. The molecule has 0 aliphatic rings. The fourth-order valence-electron chi connectivity index (χ4n) is 1.21. The average molecular weight is 186 g/mol. The van der Waals surface area contributed by atoms with Gasteiger partial charge in [-0.2, -0.15) is 0 Å². The molecule has 0 amide bonds. The molecular weight excluding hydrogens is 178 g/mol. The Bertz CT molecular complexity index is 399. The van der Waals surface area contributed by atoms with Crippen LogP contribution in [0.25, 0.3) is 10.2 Å². The Kier molecular flexibility index (Phi) is 1.48. The molecule has 0 fully saturated rings. The van der Waals surface area contributed by atoms with E-state index in [1.165, 1.54) is 15.9 Å². The van der Waals surface area contributed by atoms with Gasteiger partial charge in [0, 0.05) is 18.1 Å². The van der Waals surface area contributed by atoms with Gasteiger partial charge < -0.3 is 4.57 Å². The van der Waals surface area contributed by atoms with Crippen LogP contribution < -0.4 is 0 Å². The summed E-state index contributed by atoms with van der Waals surface area (Å²) in [7, 11) is 2.06. The van der Waals surface area contributed by atoms with Crippen LogP contribution >= 0.6 is 22.9 Å². The lowest BCUT2D eigenvalue weighted by Crippen LogP contribution is -1.86. The second-order valence-electron chi connectivity index (χ2n) is 2.66. The van der Waals surface area contributed by atoms with Crippen molar-refractivity contribution < 1.29 is 0 Å². The van der Waals surface area contributed by atoms with Crippen LogP contribution in [0.3, 0.4) is 0 Å². The van der Waals surface area contributed by atoms with Gasteiger partial charge in [-0.05, 0) is 19.1 Å². The smallest absolute Gasteiger partial charge is 0.104 e. The molecule has 58 valence electrons. The number of rotatable bonds is 0. The first-order valence-corrected chi connectivity index (χ1v) is 4.59. The molecule has 11 heavy (non-hydrogen) atoms. The van der Waals surface area contributed by atoms with Crippen molar-refractivity contribution in [3.8, 4) is 0 Å². The largest absolute Gasteiger partial charge is 0.340 e. The van der Waals surface area contributed by atoms with E-state index in [-0.39, 0.29) is 0 Å². The van der Waals surface area contributed by atoms with E-state index in [1.807, 2.05) is 6.07 Å². The Labute approximate surface area is 74.2 Å². The summed E-state index contributed by atoms with van der Waals surface area (Å²) in [6.07, 6.45) is 0. The predicted octanol–water partition coefficient (Wildman–Crippen LogP) is 3.20. The third kappa shape index (κ3) is 0.976. The fraction of sp³-hybridized carbons (Fsp3) is 0.250. The third-order valence-corrected chi connectivity index (χ3v) is 3.26. The van der Waals surface area contributed by atoms with Crippen LogP contribution in [0, 0.1) is 6.92 Å². The normalized spacial score (nSPS) is 11.2. The molecule has 2 rings (SSSR count). The van der Waals surface area contributed by atoms with Crippen molar-refractivity contribution in [1.82, 2.24) is 4.57 Å². The maximum Gasteiger partial charge on any atom is 0.104 e. The van der Waals surface area contributed by atoms with Crippen molar-refractivity contribution in [2.75, 3.05) is 0 Å². The summed E-state index contributed by atoms with van der Waals surface area (Å²) in [6, 6.07) is 4.16. The van der Waals surface area contributed by atoms with Gasteiger partial charge in [0.05, 0.1) is 4.34 Å². The zero-order valence-corrected chi connectivity index (χ0v) is 7.96. The van der Waals surface area contributed by atoms with Gasteiger partial charge in [0.15, 0.2) is 0 Å². The highest BCUT2D eigenvalue weighted by atomic mass is 35.5. The molecule has 0 unspecified atom stereocenters. The highest BCUT2D eigenvalue weighted by molar-refractivity contribution is 7.22. The van der Waals surface area contributed by atoms with E-state index in [0.717, 1.165) is 4.34 Å². The van der Waals surface area contributed by atoms with Crippen molar-refractivity contribution in [2.45, 2.75) is 6.92 Å². The summed E-state index contributed by atoms with van der Waals surface area (Å²) >= 11 is 7.48. The number of hydrogen-bond donors (Lipinski definition) is 0. The molecule has 3 heteroatoms. The number of fused-ring (bicyclic) bond motifs is 1. The molecule has 0 saturated carbocycles. The van der Waals surface area contributed by atoms with E-state index in [0.29, 0.717) is 0 Å². The zero-order valence-electron chi connectivity index (χ0n) is 6.39. The molecule has 2 aromatic heterocycles. The van der Waals surface area contributed by atoms with E-state index < -0.39 is 0 Å². The first kappa shape index (κ1) is 7.19. The van der Waals surface area contributed by atoms with Gasteiger partial charge in [0.1, 0.15) is 4.83 Å². The van der Waals surface area contributed by atoms with Crippen LogP contribution in [0.5, 0.6) is 0 Å². The molecule has 0 saturated heterocycles. The first-order valence-electron chi connectivity index (χ1n) is 3.40. The summed E-state index contributed by atoms with van der Waals surface area (Å²) in [5.41, 5.74) is 1.28. The van der Waals surface area contributed by atoms with E-state index in [4.69, 9.17) is 11.6 Å². The summed E-state index contributed by atoms with van der Waals surface area (Å²) in [4.78, 5) is 1.26. The second-order valence-corrected chi connectivity index (χ2v) is 4.32.